The Hall–Kier alpha value is -1.62. The number of nitro benzene ring substituents is 1. The Morgan fingerprint density at radius 2 is 1.79 bits per heavy atom. The van der Waals surface area contributed by atoms with Gasteiger partial charge in [0.2, 0.25) is 0 Å². The van der Waals surface area contributed by atoms with Gasteiger partial charge in [-0.3, -0.25) is 10.1 Å². The Morgan fingerprint density at radius 1 is 1.11 bits per heavy atom. The van der Waals surface area contributed by atoms with Gasteiger partial charge in [-0.1, -0.05) is 6.07 Å². The minimum atomic E-state index is -0.317. The molecular formula is C14H20N3O2+. The monoisotopic (exact) mass is 262 g/mol. The quantitative estimate of drug-likeness (QED) is 0.465. The molecule has 0 N–H and O–H groups in total. The van der Waals surface area contributed by atoms with E-state index < -0.39 is 0 Å². The van der Waals surface area contributed by atoms with Gasteiger partial charge in [-0.2, -0.15) is 0 Å². The van der Waals surface area contributed by atoms with Gasteiger partial charge in [0.05, 0.1) is 44.2 Å². The van der Waals surface area contributed by atoms with Crippen LogP contribution in [0.5, 0.6) is 0 Å². The third-order valence-electron chi connectivity index (χ3n) is 4.61. The lowest BCUT2D eigenvalue weighted by Gasteiger charge is -2.42. The Labute approximate surface area is 113 Å². The van der Waals surface area contributed by atoms with Crippen LogP contribution < -0.4 is 4.90 Å². The Bertz CT molecular complexity index is 473. The highest BCUT2D eigenvalue weighted by atomic mass is 16.6. The van der Waals surface area contributed by atoms with E-state index in [-0.39, 0.29) is 10.6 Å². The molecule has 2 aliphatic rings. The van der Waals surface area contributed by atoms with Crippen molar-refractivity contribution in [2.45, 2.75) is 12.8 Å². The van der Waals surface area contributed by atoms with Crippen molar-refractivity contribution in [3.63, 3.8) is 0 Å². The molecule has 2 saturated heterocycles. The minimum Gasteiger partial charge on any atom is -0.360 e. The van der Waals surface area contributed by atoms with E-state index in [1.807, 2.05) is 6.07 Å². The maximum atomic E-state index is 10.8. The molecule has 0 amide bonds. The second-order valence-corrected chi connectivity index (χ2v) is 5.71. The molecule has 1 aromatic carbocycles. The van der Waals surface area contributed by atoms with Gasteiger partial charge in [-0.25, -0.2) is 0 Å². The summed E-state index contributed by atoms with van der Waals surface area (Å²) in [5, 5.41) is 10.8. The van der Waals surface area contributed by atoms with E-state index in [4.69, 9.17) is 0 Å². The molecule has 0 aliphatic carbocycles. The highest BCUT2D eigenvalue weighted by Gasteiger charge is 2.35. The molecule has 0 atom stereocenters. The molecule has 19 heavy (non-hydrogen) atoms. The predicted molar refractivity (Wildman–Crippen MR) is 74.3 cm³/mol. The summed E-state index contributed by atoms with van der Waals surface area (Å²) in [6, 6.07) is 7.01. The zero-order valence-electron chi connectivity index (χ0n) is 11.1. The molecule has 2 heterocycles. The summed E-state index contributed by atoms with van der Waals surface area (Å²) < 4.78 is 1.27. The van der Waals surface area contributed by atoms with Crippen molar-refractivity contribution in [1.29, 1.82) is 0 Å². The molecular weight excluding hydrogens is 242 g/mol. The second kappa shape index (κ2) is 4.81. The van der Waals surface area contributed by atoms with Crippen LogP contribution in [0.2, 0.25) is 0 Å². The van der Waals surface area contributed by atoms with Gasteiger partial charge in [-0.05, 0) is 6.07 Å². The van der Waals surface area contributed by atoms with E-state index in [1.165, 1.54) is 43.5 Å². The lowest BCUT2D eigenvalue weighted by atomic mass is 10.2. The summed E-state index contributed by atoms with van der Waals surface area (Å²) in [7, 11) is 0. The topological polar surface area (TPSA) is 46.4 Å². The van der Waals surface area contributed by atoms with Crippen LogP contribution in [0.4, 0.5) is 11.4 Å². The third-order valence-corrected chi connectivity index (χ3v) is 4.61. The van der Waals surface area contributed by atoms with Crippen molar-refractivity contribution in [3.05, 3.63) is 34.4 Å². The number of anilines is 1. The molecule has 1 aromatic rings. The molecule has 102 valence electrons. The number of hydrogen-bond acceptors (Lipinski definition) is 3. The van der Waals surface area contributed by atoms with Crippen molar-refractivity contribution in [2.24, 2.45) is 0 Å². The van der Waals surface area contributed by atoms with E-state index in [0.717, 1.165) is 18.8 Å². The van der Waals surface area contributed by atoms with E-state index >= 15 is 0 Å². The largest absolute Gasteiger partial charge is 0.360 e. The van der Waals surface area contributed by atoms with Crippen LogP contribution in [0.3, 0.4) is 0 Å². The standard InChI is InChI=1S/C14H20N3O2/c18-16(19)14-5-3-4-13(12-14)15-6-10-17(11-7-15)8-1-2-9-17/h3-5,12H,1-2,6-11H2/q+1. The fourth-order valence-corrected chi connectivity index (χ4v) is 3.40. The molecule has 5 nitrogen and oxygen atoms in total. The molecule has 5 heteroatoms. The Kier molecular flexibility index (Phi) is 3.14. The first-order valence-electron chi connectivity index (χ1n) is 7.03. The van der Waals surface area contributed by atoms with Gasteiger partial charge in [-0.15, -0.1) is 0 Å². The third kappa shape index (κ3) is 2.42. The highest BCUT2D eigenvalue weighted by Crippen LogP contribution is 2.26. The number of nitrogens with zero attached hydrogens (tertiary/aromatic N) is 3. The van der Waals surface area contributed by atoms with Crippen molar-refractivity contribution in [2.75, 3.05) is 44.2 Å². The number of hydrogen-bond donors (Lipinski definition) is 0. The van der Waals surface area contributed by atoms with Crippen LogP contribution in [0, 0.1) is 10.1 Å². The van der Waals surface area contributed by atoms with Crippen LogP contribution in [-0.4, -0.2) is 48.7 Å². The van der Waals surface area contributed by atoms with Gasteiger partial charge in [0.25, 0.3) is 5.69 Å². The maximum Gasteiger partial charge on any atom is 0.271 e. The lowest BCUT2D eigenvalue weighted by molar-refractivity contribution is -0.917. The van der Waals surface area contributed by atoms with Gasteiger partial charge < -0.3 is 9.38 Å². The first-order chi connectivity index (χ1) is 9.19. The molecule has 1 spiro atoms. The van der Waals surface area contributed by atoms with Gasteiger partial charge >= 0.3 is 0 Å². The predicted octanol–water partition coefficient (Wildman–Crippen LogP) is 2.03. The first kappa shape index (κ1) is 12.4. The summed E-state index contributed by atoms with van der Waals surface area (Å²) >= 11 is 0. The maximum absolute atomic E-state index is 10.8. The zero-order chi connectivity index (χ0) is 13.3. The van der Waals surface area contributed by atoms with Gasteiger partial charge in [0, 0.05) is 30.7 Å². The van der Waals surface area contributed by atoms with Crippen molar-refractivity contribution < 1.29 is 9.41 Å². The summed E-state index contributed by atoms with van der Waals surface area (Å²) in [6.07, 6.45) is 2.72. The van der Waals surface area contributed by atoms with Crippen LogP contribution in [0.25, 0.3) is 0 Å². The number of nitro groups is 1. The number of benzene rings is 1. The first-order valence-corrected chi connectivity index (χ1v) is 7.03. The molecule has 0 radical (unpaired) electrons. The van der Waals surface area contributed by atoms with Crippen LogP contribution >= 0.6 is 0 Å². The Balaban J connectivity index is 1.71. The van der Waals surface area contributed by atoms with E-state index in [2.05, 4.69) is 4.90 Å². The van der Waals surface area contributed by atoms with E-state index in [0.29, 0.717) is 0 Å². The molecule has 2 aliphatic heterocycles. The number of quaternary nitrogens is 1. The Morgan fingerprint density at radius 3 is 2.42 bits per heavy atom. The van der Waals surface area contributed by atoms with E-state index in [1.54, 1.807) is 18.2 Å². The zero-order valence-corrected chi connectivity index (χ0v) is 11.1. The minimum absolute atomic E-state index is 0.188. The fraction of sp³-hybridized carbons (Fsp3) is 0.571. The summed E-state index contributed by atoms with van der Waals surface area (Å²) in [5.41, 5.74) is 1.18. The molecule has 2 fully saturated rings. The molecule has 0 bridgehead atoms. The van der Waals surface area contributed by atoms with Gasteiger partial charge in [0.15, 0.2) is 0 Å². The van der Waals surface area contributed by atoms with Crippen LogP contribution in [-0.2, 0) is 0 Å². The van der Waals surface area contributed by atoms with Crippen molar-refractivity contribution in [1.82, 2.24) is 0 Å². The molecule has 0 aromatic heterocycles. The van der Waals surface area contributed by atoms with Crippen molar-refractivity contribution in [3.8, 4) is 0 Å². The average molecular weight is 262 g/mol. The van der Waals surface area contributed by atoms with Gasteiger partial charge in [0.1, 0.15) is 0 Å². The number of piperazine rings is 1. The second-order valence-electron chi connectivity index (χ2n) is 5.71. The summed E-state index contributed by atoms with van der Waals surface area (Å²) in [5.74, 6) is 0. The molecule has 3 rings (SSSR count). The average Bonchev–Trinajstić information content (AvgIpc) is 2.88. The molecule has 0 saturated carbocycles. The molecule has 0 unspecified atom stereocenters. The number of non-ortho nitro benzene ring substituents is 1. The smallest absolute Gasteiger partial charge is 0.271 e. The number of rotatable bonds is 2. The fourth-order valence-electron chi connectivity index (χ4n) is 3.40. The van der Waals surface area contributed by atoms with E-state index in [9.17, 15) is 10.1 Å². The lowest BCUT2D eigenvalue weighted by Crippen LogP contribution is -2.58. The highest BCUT2D eigenvalue weighted by molar-refractivity contribution is 5.53. The van der Waals surface area contributed by atoms with Crippen LogP contribution in [0.1, 0.15) is 12.8 Å². The SMILES string of the molecule is O=[N+]([O-])c1cccc(N2CC[N+]3(CCCC3)CC2)c1. The normalized spacial score (nSPS) is 21.8. The van der Waals surface area contributed by atoms with Crippen molar-refractivity contribution >= 4 is 11.4 Å². The van der Waals surface area contributed by atoms with Crippen LogP contribution in [0.15, 0.2) is 24.3 Å². The summed E-state index contributed by atoms with van der Waals surface area (Å²) in [6.45, 7) is 7.04. The summed E-state index contributed by atoms with van der Waals surface area (Å²) in [4.78, 5) is 12.8.